The molecule has 1 aliphatic carbocycles. The van der Waals surface area contributed by atoms with Crippen LogP contribution in [0.3, 0.4) is 0 Å². The van der Waals surface area contributed by atoms with E-state index in [0.717, 1.165) is 28.4 Å². The molecular formula is C10H12BrNO. The van der Waals surface area contributed by atoms with E-state index >= 15 is 0 Å². The largest absolute Gasteiger partial charge is 0.507 e. The van der Waals surface area contributed by atoms with Gasteiger partial charge in [-0.1, -0.05) is 6.07 Å². The van der Waals surface area contributed by atoms with Gasteiger partial charge in [-0.05, 0) is 52.9 Å². The molecule has 1 aromatic rings. The Labute approximate surface area is 85.9 Å². The fraction of sp³-hybridized carbons (Fsp3) is 0.400. The van der Waals surface area contributed by atoms with Gasteiger partial charge in [-0.15, -0.1) is 0 Å². The lowest BCUT2D eigenvalue weighted by atomic mass is 10.0. The van der Waals surface area contributed by atoms with E-state index in [1.54, 1.807) is 6.07 Å². The molecule has 0 heterocycles. The van der Waals surface area contributed by atoms with Crippen LogP contribution in [-0.2, 0) is 5.54 Å². The summed E-state index contributed by atoms with van der Waals surface area (Å²) in [5.74, 6) is 0.284. The van der Waals surface area contributed by atoms with Gasteiger partial charge < -0.3 is 10.8 Å². The van der Waals surface area contributed by atoms with Crippen LogP contribution < -0.4 is 5.73 Å². The van der Waals surface area contributed by atoms with E-state index in [0.29, 0.717) is 0 Å². The van der Waals surface area contributed by atoms with Crippen molar-refractivity contribution in [1.29, 1.82) is 0 Å². The zero-order valence-electron chi connectivity index (χ0n) is 7.47. The lowest BCUT2D eigenvalue weighted by Crippen LogP contribution is -2.18. The molecule has 1 aromatic carbocycles. The number of hydrogen-bond donors (Lipinski definition) is 2. The van der Waals surface area contributed by atoms with Crippen LogP contribution in [0.1, 0.15) is 24.0 Å². The van der Waals surface area contributed by atoms with Crippen molar-refractivity contribution in [1.82, 2.24) is 0 Å². The molecule has 2 rings (SSSR count). The molecule has 1 aliphatic rings. The molecule has 0 bridgehead atoms. The number of aryl methyl sites for hydroxylation is 1. The molecule has 0 aliphatic heterocycles. The van der Waals surface area contributed by atoms with Gasteiger partial charge in [0.25, 0.3) is 0 Å². The monoisotopic (exact) mass is 241 g/mol. The minimum absolute atomic E-state index is 0.164. The third kappa shape index (κ3) is 1.46. The normalized spacial score (nSPS) is 18.7. The lowest BCUT2D eigenvalue weighted by Gasteiger charge is -2.12. The highest BCUT2D eigenvalue weighted by Crippen LogP contribution is 2.45. The molecule has 2 nitrogen and oxygen atoms in total. The maximum absolute atomic E-state index is 9.57. The number of aromatic hydroxyl groups is 1. The average Bonchev–Trinajstić information content (AvgIpc) is 2.80. The molecule has 13 heavy (non-hydrogen) atoms. The number of nitrogens with two attached hydrogens (primary N) is 1. The Bertz CT molecular complexity index is 335. The van der Waals surface area contributed by atoms with Crippen LogP contribution in [0.5, 0.6) is 5.75 Å². The van der Waals surface area contributed by atoms with E-state index in [2.05, 4.69) is 15.9 Å². The Hall–Kier alpha value is -0.540. The van der Waals surface area contributed by atoms with Crippen LogP contribution in [0.4, 0.5) is 0 Å². The second-order valence-electron chi connectivity index (χ2n) is 3.78. The van der Waals surface area contributed by atoms with Gasteiger partial charge in [0.1, 0.15) is 5.75 Å². The molecule has 0 amide bonds. The maximum Gasteiger partial charge on any atom is 0.130 e. The van der Waals surface area contributed by atoms with E-state index in [4.69, 9.17) is 5.73 Å². The van der Waals surface area contributed by atoms with Crippen LogP contribution >= 0.6 is 15.9 Å². The topological polar surface area (TPSA) is 46.2 Å². The highest BCUT2D eigenvalue weighted by atomic mass is 79.9. The summed E-state index contributed by atoms with van der Waals surface area (Å²) in [5, 5.41) is 9.57. The highest BCUT2D eigenvalue weighted by Gasteiger charge is 2.40. The summed E-state index contributed by atoms with van der Waals surface area (Å²) in [5.41, 5.74) is 7.95. The zero-order valence-corrected chi connectivity index (χ0v) is 9.06. The third-order valence-corrected chi connectivity index (χ3v) is 3.63. The quantitative estimate of drug-likeness (QED) is 0.794. The molecule has 3 N–H and O–H groups in total. The summed E-state index contributed by atoms with van der Waals surface area (Å²) in [7, 11) is 0. The van der Waals surface area contributed by atoms with Gasteiger partial charge in [0, 0.05) is 5.54 Å². The van der Waals surface area contributed by atoms with Gasteiger partial charge in [0.05, 0.1) is 4.47 Å². The van der Waals surface area contributed by atoms with Crippen LogP contribution in [0.2, 0.25) is 0 Å². The van der Waals surface area contributed by atoms with Crippen molar-refractivity contribution in [2.45, 2.75) is 25.3 Å². The summed E-state index contributed by atoms with van der Waals surface area (Å²) in [4.78, 5) is 0. The molecule has 0 unspecified atom stereocenters. The van der Waals surface area contributed by atoms with Gasteiger partial charge in [0.2, 0.25) is 0 Å². The van der Waals surface area contributed by atoms with E-state index in [1.165, 1.54) is 0 Å². The first-order valence-corrected chi connectivity index (χ1v) is 5.11. The number of benzene rings is 1. The van der Waals surface area contributed by atoms with Gasteiger partial charge >= 0.3 is 0 Å². The smallest absolute Gasteiger partial charge is 0.130 e. The molecule has 3 heteroatoms. The minimum atomic E-state index is -0.164. The summed E-state index contributed by atoms with van der Waals surface area (Å²) in [6, 6.07) is 3.79. The number of phenolic OH excluding ortho intramolecular Hbond substituents is 1. The first kappa shape index (κ1) is 9.03. The van der Waals surface area contributed by atoms with Crippen LogP contribution in [-0.4, -0.2) is 5.11 Å². The van der Waals surface area contributed by atoms with E-state index in [-0.39, 0.29) is 11.3 Å². The third-order valence-electron chi connectivity index (χ3n) is 2.60. The van der Waals surface area contributed by atoms with Gasteiger partial charge in [0.15, 0.2) is 0 Å². The number of rotatable bonds is 1. The molecule has 0 aromatic heterocycles. The van der Waals surface area contributed by atoms with Crippen LogP contribution in [0, 0.1) is 6.92 Å². The Balaban J connectivity index is 2.50. The predicted molar refractivity (Wildman–Crippen MR) is 55.6 cm³/mol. The lowest BCUT2D eigenvalue weighted by molar-refractivity contribution is 0.469. The summed E-state index contributed by atoms with van der Waals surface area (Å²) in [6.45, 7) is 1.96. The van der Waals surface area contributed by atoms with Crippen molar-refractivity contribution in [3.05, 3.63) is 27.7 Å². The molecule has 1 fully saturated rings. The molecule has 0 saturated heterocycles. The van der Waals surface area contributed by atoms with Gasteiger partial charge in [-0.2, -0.15) is 0 Å². The maximum atomic E-state index is 9.57. The minimum Gasteiger partial charge on any atom is -0.507 e. The number of halogens is 1. The molecule has 0 radical (unpaired) electrons. The van der Waals surface area contributed by atoms with E-state index < -0.39 is 0 Å². The number of phenols is 1. The van der Waals surface area contributed by atoms with Crippen molar-refractivity contribution in [2.24, 2.45) is 5.73 Å². The predicted octanol–water partition coefficient (Wildman–Crippen LogP) is 2.41. The van der Waals surface area contributed by atoms with Crippen molar-refractivity contribution in [3.8, 4) is 5.75 Å². The fourth-order valence-electron chi connectivity index (χ4n) is 1.46. The van der Waals surface area contributed by atoms with Gasteiger partial charge in [-0.25, -0.2) is 0 Å². The highest BCUT2D eigenvalue weighted by molar-refractivity contribution is 9.10. The Morgan fingerprint density at radius 2 is 2.08 bits per heavy atom. The van der Waals surface area contributed by atoms with Crippen LogP contribution in [0.25, 0.3) is 0 Å². The van der Waals surface area contributed by atoms with E-state index in [1.807, 2.05) is 13.0 Å². The van der Waals surface area contributed by atoms with Crippen molar-refractivity contribution in [3.63, 3.8) is 0 Å². The summed E-state index contributed by atoms with van der Waals surface area (Å²) < 4.78 is 0.764. The molecule has 0 atom stereocenters. The summed E-state index contributed by atoms with van der Waals surface area (Å²) >= 11 is 3.31. The summed E-state index contributed by atoms with van der Waals surface area (Å²) in [6.07, 6.45) is 2.04. The average molecular weight is 242 g/mol. The Morgan fingerprint density at radius 1 is 1.46 bits per heavy atom. The van der Waals surface area contributed by atoms with Crippen molar-refractivity contribution < 1.29 is 5.11 Å². The fourth-order valence-corrected chi connectivity index (χ4v) is 1.69. The zero-order chi connectivity index (χ0) is 9.64. The second kappa shape index (κ2) is 2.72. The molecular weight excluding hydrogens is 230 g/mol. The Kier molecular flexibility index (Phi) is 1.89. The van der Waals surface area contributed by atoms with Crippen LogP contribution in [0.15, 0.2) is 16.6 Å². The molecule has 0 spiro atoms. The van der Waals surface area contributed by atoms with Crippen molar-refractivity contribution in [2.75, 3.05) is 0 Å². The molecule has 70 valence electrons. The standard InChI is InChI=1S/C10H12BrNO/c1-6-4-7(10(12)2-3-10)5-8(13)9(6)11/h4-5,13H,2-3,12H2,1H3. The second-order valence-corrected chi connectivity index (χ2v) is 4.58. The van der Waals surface area contributed by atoms with Crippen molar-refractivity contribution >= 4 is 15.9 Å². The number of hydrogen-bond acceptors (Lipinski definition) is 2. The SMILES string of the molecule is Cc1cc(C2(N)CC2)cc(O)c1Br. The van der Waals surface area contributed by atoms with Gasteiger partial charge in [-0.3, -0.25) is 0 Å². The van der Waals surface area contributed by atoms with E-state index in [9.17, 15) is 5.11 Å². The molecule has 1 saturated carbocycles. The first-order valence-electron chi connectivity index (χ1n) is 4.31. The Morgan fingerprint density at radius 3 is 2.54 bits per heavy atom. The first-order chi connectivity index (χ1) is 6.03.